The third kappa shape index (κ3) is 3.94. The van der Waals surface area contributed by atoms with E-state index in [1.165, 1.54) is 6.39 Å². The number of hydrogen-bond acceptors (Lipinski definition) is 3. The van der Waals surface area contributed by atoms with E-state index in [1.54, 1.807) is 0 Å². The van der Waals surface area contributed by atoms with Gasteiger partial charge in [-0.15, -0.1) is 0 Å². The van der Waals surface area contributed by atoms with Gasteiger partial charge in [0.2, 0.25) is 0 Å². The molecule has 0 aliphatic heterocycles. The Morgan fingerprint density at radius 2 is 2.21 bits per heavy atom. The van der Waals surface area contributed by atoms with Crippen LogP contribution in [0.2, 0.25) is 5.02 Å². The number of halogens is 2. The van der Waals surface area contributed by atoms with Crippen molar-refractivity contribution in [3.63, 3.8) is 0 Å². The molecule has 0 amide bonds. The van der Waals surface area contributed by atoms with Crippen LogP contribution in [0.15, 0.2) is 29.0 Å². The van der Waals surface area contributed by atoms with Gasteiger partial charge in [-0.3, -0.25) is 0 Å². The van der Waals surface area contributed by atoms with E-state index in [4.69, 9.17) is 16.0 Å². The van der Waals surface area contributed by atoms with Crippen molar-refractivity contribution < 1.29 is 4.42 Å². The summed E-state index contributed by atoms with van der Waals surface area (Å²) in [6.45, 7) is 6.01. The first-order chi connectivity index (χ1) is 9.08. The van der Waals surface area contributed by atoms with Crippen LogP contribution in [0.5, 0.6) is 0 Å². The number of nitrogens with one attached hydrogen (secondary N) is 1. The molecule has 0 saturated carbocycles. The first-order valence-corrected chi connectivity index (χ1v) is 7.62. The number of nitrogens with zero attached hydrogens (tertiary/aromatic N) is 1. The van der Waals surface area contributed by atoms with Crippen molar-refractivity contribution in [3.8, 4) is 11.3 Å². The highest BCUT2D eigenvalue weighted by Gasteiger charge is 2.12. The topological polar surface area (TPSA) is 38.1 Å². The van der Waals surface area contributed by atoms with Gasteiger partial charge in [0.25, 0.3) is 0 Å². The third-order valence-electron chi connectivity index (χ3n) is 2.67. The van der Waals surface area contributed by atoms with Crippen molar-refractivity contribution in [1.82, 2.24) is 10.3 Å². The second-order valence-electron chi connectivity index (χ2n) is 4.78. The van der Waals surface area contributed by atoms with Crippen molar-refractivity contribution >= 4 is 34.2 Å². The van der Waals surface area contributed by atoms with Gasteiger partial charge in [-0.1, -0.05) is 31.5 Å². The number of oxazole rings is 1. The lowest BCUT2D eigenvalue weighted by atomic mass is 10.1. The van der Waals surface area contributed by atoms with Crippen LogP contribution in [-0.2, 0) is 6.54 Å². The number of hydrogen-bond donors (Lipinski definition) is 1. The molecule has 0 saturated heterocycles. The van der Waals surface area contributed by atoms with Gasteiger partial charge in [0.15, 0.2) is 12.2 Å². The van der Waals surface area contributed by atoms with Gasteiger partial charge < -0.3 is 9.73 Å². The van der Waals surface area contributed by atoms with E-state index >= 15 is 0 Å². The standard InChI is InChI=1S/C14H16ClIN2O/c1-9(2)6-17-7-13-14(19-8-18-13)10-3-4-12(16)11(15)5-10/h3-5,8-9,17H,6-7H2,1-2H3. The Kier molecular flexibility index (Phi) is 5.24. The first-order valence-electron chi connectivity index (χ1n) is 6.16. The average molecular weight is 391 g/mol. The highest BCUT2D eigenvalue weighted by Crippen LogP contribution is 2.28. The Bertz CT molecular complexity index is 554. The van der Waals surface area contributed by atoms with E-state index in [0.717, 1.165) is 32.2 Å². The molecule has 0 atom stereocenters. The molecule has 1 aromatic carbocycles. The van der Waals surface area contributed by atoms with Crippen LogP contribution in [0.1, 0.15) is 19.5 Å². The number of aromatic nitrogens is 1. The van der Waals surface area contributed by atoms with Crippen molar-refractivity contribution in [3.05, 3.63) is 38.9 Å². The van der Waals surface area contributed by atoms with E-state index in [-0.39, 0.29) is 0 Å². The van der Waals surface area contributed by atoms with Crippen molar-refractivity contribution in [2.75, 3.05) is 6.54 Å². The normalized spacial score (nSPS) is 11.2. The maximum absolute atomic E-state index is 6.14. The summed E-state index contributed by atoms with van der Waals surface area (Å²) in [5.41, 5.74) is 1.88. The lowest BCUT2D eigenvalue weighted by molar-refractivity contribution is 0.545. The molecule has 0 aliphatic rings. The quantitative estimate of drug-likeness (QED) is 0.772. The van der Waals surface area contributed by atoms with Gasteiger partial charge in [0, 0.05) is 15.7 Å². The van der Waals surface area contributed by atoms with Gasteiger partial charge >= 0.3 is 0 Å². The summed E-state index contributed by atoms with van der Waals surface area (Å²) in [5, 5.41) is 4.10. The lowest BCUT2D eigenvalue weighted by Crippen LogP contribution is -2.19. The molecule has 19 heavy (non-hydrogen) atoms. The summed E-state index contributed by atoms with van der Waals surface area (Å²) in [4.78, 5) is 4.27. The summed E-state index contributed by atoms with van der Waals surface area (Å²) in [7, 11) is 0. The summed E-state index contributed by atoms with van der Waals surface area (Å²) in [5.74, 6) is 1.40. The Morgan fingerprint density at radius 1 is 1.42 bits per heavy atom. The van der Waals surface area contributed by atoms with Gasteiger partial charge in [-0.05, 0) is 47.2 Å². The van der Waals surface area contributed by atoms with E-state index in [0.29, 0.717) is 12.5 Å². The molecule has 0 unspecified atom stereocenters. The zero-order valence-electron chi connectivity index (χ0n) is 10.9. The molecule has 2 rings (SSSR count). The van der Waals surface area contributed by atoms with Crippen molar-refractivity contribution in [2.45, 2.75) is 20.4 Å². The molecule has 1 N–H and O–H groups in total. The molecule has 1 aromatic heterocycles. The molecule has 2 aromatic rings. The van der Waals surface area contributed by atoms with E-state index in [2.05, 4.69) is 46.7 Å². The Hall–Kier alpha value is -0.590. The molecular formula is C14H16ClIN2O. The second kappa shape index (κ2) is 6.72. The number of rotatable bonds is 5. The molecular weight excluding hydrogens is 375 g/mol. The lowest BCUT2D eigenvalue weighted by Gasteiger charge is -2.07. The second-order valence-corrected chi connectivity index (χ2v) is 6.35. The third-order valence-corrected chi connectivity index (χ3v) is 4.24. The monoisotopic (exact) mass is 390 g/mol. The zero-order chi connectivity index (χ0) is 13.8. The maximum atomic E-state index is 6.14. The van der Waals surface area contributed by atoms with Gasteiger partial charge in [-0.2, -0.15) is 0 Å². The molecule has 0 spiro atoms. The van der Waals surface area contributed by atoms with Crippen molar-refractivity contribution in [2.24, 2.45) is 5.92 Å². The maximum Gasteiger partial charge on any atom is 0.181 e. The Labute approximate surface area is 131 Å². The fourth-order valence-corrected chi connectivity index (χ4v) is 2.26. The summed E-state index contributed by atoms with van der Waals surface area (Å²) >= 11 is 8.35. The molecule has 1 heterocycles. The Morgan fingerprint density at radius 3 is 2.89 bits per heavy atom. The average Bonchev–Trinajstić information content (AvgIpc) is 2.80. The molecule has 0 fully saturated rings. The largest absolute Gasteiger partial charge is 0.443 e. The fourth-order valence-electron chi connectivity index (χ4n) is 1.75. The minimum absolute atomic E-state index is 0.614. The van der Waals surface area contributed by atoms with Crippen LogP contribution in [0.4, 0.5) is 0 Å². The van der Waals surface area contributed by atoms with E-state index in [9.17, 15) is 0 Å². The molecule has 0 bridgehead atoms. The molecule has 0 aliphatic carbocycles. The van der Waals surface area contributed by atoms with Gasteiger partial charge in [0.1, 0.15) is 5.69 Å². The minimum Gasteiger partial charge on any atom is -0.443 e. The van der Waals surface area contributed by atoms with Crippen LogP contribution in [-0.4, -0.2) is 11.5 Å². The predicted molar refractivity (Wildman–Crippen MR) is 86.2 cm³/mol. The first kappa shape index (κ1) is 14.8. The SMILES string of the molecule is CC(C)CNCc1ncoc1-c1ccc(I)c(Cl)c1. The van der Waals surface area contributed by atoms with Crippen LogP contribution >= 0.6 is 34.2 Å². The van der Waals surface area contributed by atoms with Crippen LogP contribution in [0.25, 0.3) is 11.3 Å². The minimum atomic E-state index is 0.614. The molecule has 3 nitrogen and oxygen atoms in total. The highest BCUT2D eigenvalue weighted by atomic mass is 127. The van der Waals surface area contributed by atoms with Crippen LogP contribution < -0.4 is 5.32 Å². The highest BCUT2D eigenvalue weighted by molar-refractivity contribution is 14.1. The molecule has 0 radical (unpaired) electrons. The van der Waals surface area contributed by atoms with Gasteiger partial charge in [-0.25, -0.2) is 4.98 Å². The van der Waals surface area contributed by atoms with Crippen LogP contribution in [0.3, 0.4) is 0 Å². The Balaban J connectivity index is 2.16. The zero-order valence-corrected chi connectivity index (χ0v) is 13.8. The smallest absolute Gasteiger partial charge is 0.181 e. The van der Waals surface area contributed by atoms with E-state index < -0.39 is 0 Å². The number of benzene rings is 1. The summed E-state index contributed by atoms with van der Waals surface area (Å²) in [6, 6.07) is 5.89. The van der Waals surface area contributed by atoms with Crippen LogP contribution in [0, 0.1) is 9.49 Å². The predicted octanol–water partition coefficient (Wildman–Crippen LogP) is 4.35. The van der Waals surface area contributed by atoms with E-state index in [1.807, 2.05) is 18.2 Å². The van der Waals surface area contributed by atoms with Crippen molar-refractivity contribution in [1.29, 1.82) is 0 Å². The molecule has 5 heteroatoms. The summed E-state index contributed by atoms with van der Waals surface area (Å²) < 4.78 is 6.52. The van der Waals surface area contributed by atoms with Gasteiger partial charge in [0.05, 0.1) is 5.02 Å². The molecule has 102 valence electrons. The summed E-state index contributed by atoms with van der Waals surface area (Å²) in [6.07, 6.45) is 1.48. The fraction of sp³-hybridized carbons (Fsp3) is 0.357.